The smallest absolute Gasteiger partial charge is 0.223 e. The maximum absolute atomic E-state index is 13.2. The van der Waals surface area contributed by atoms with Gasteiger partial charge in [-0.3, -0.25) is 15.2 Å². The Kier molecular flexibility index (Phi) is 6.86. The number of carbonyl (C=O) groups excluding carboxylic acids is 1. The highest BCUT2D eigenvalue weighted by Crippen LogP contribution is 2.40. The van der Waals surface area contributed by atoms with Crippen molar-refractivity contribution in [1.82, 2.24) is 21.2 Å². The quantitative estimate of drug-likeness (QED) is 0.603. The summed E-state index contributed by atoms with van der Waals surface area (Å²) in [5.41, 5.74) is 9.22. The number of hydrazine groups is 1. The molecule has 1 aliphatic heterocycles. The third-order valence-corrected chi connectivity index (χ3v) is 7.82. The minimum atomic E-state index is 0.0586. The van der Waals surface area contributed by atoms with Crippen molar-refractivity contribution in [1.29, 1.82) is 0 Å². The summed E-state index contributed by atoms with van der Waals surface area (Å²) in [6.45, 7) is 2.02. The van der Waals surface area contributed by atoms with Crippen molar-refractivity contribution < 1.29 is 9.53 Å². The van der Waals surface area contributed by atoms with Crippen LogP contribution in [0, 0.1) is 18.8 Å². The zero-order valence-corrected chi connectivity index (χ0v) is 19.9. The number of hydrogen-bond donors (Lipinski definition) is 3. The van der Waals surface area contributed by atoms with Gasteiger partial charge in [-0.05, 0) is 81.2 Å². The molecule has 33 heavy (non-hydrogen) atoms. The number of carbonyl (C=O) groups is 1. The number of halogens is 1. The number of nitrogens with zero attached hydrogens (tertiary/aromatic N) is 1. The molecule has 5 rings (SSSR count). The molecular weight excluding hydrogens is 436 g/mol. The van der Waals surface area contributed by atoms with E-state index < -0.39 is 0 Å². The Morgan fingerprint density at radius 2 is 2.00 bits per heavy atom. The van der Waals surface area contributed by atoms with Crippen LogP contribution in [0.25, 0.3) is 0 Å². The van der Waals surface area contributed by atoms with Crippen LogP contribution >= 0.6 is 11.6 Å². The predicted molar refractivity (Wildman–Crippen MR) is 129 cm³/mol. The number of benzene rings is 1. The minimum Gasteiger partial charge on any atom is -0.489 e. The average Bonchev–Trinajstić information content (AvgIpc) is 3.24. The highest BCUT2D eigenvalue weighted by Gasteiger charge is 2.43. The van der Waals surface area contributed by atoms with Crippen molar-refractivity contribution in [2.24, 2.45) is 11.8 Å². The van der Waals surface area contributed by atoms with Crippen LogP contribution < -0.4 is 20.9 Å². The molecule has 2 heterocycles. The van der Waals surface area contributed by atoms with Crippen LogP contribution in [-0.2, 0) is 4.79 Å². The van der Waals surface area contributed by atoms with E-state index in [2.05, 4.69) is 33.3 Å². The molecule has 6 nitrogen and oxygen atoms in total. The van der Waals surface area contributed by atoms with Gasteiger partial charge in [-0.1, -0.05) is 23.7 Å². The van der Waals surface area contributed by atoms with E-state index in [0.717, 1.165) is 56.4 Å². The fourth-order valence-electron chi connectivity index (χ4n) is 5.81. The van der Waals surface area contributed by atoms with E-state index in [1.54, 1.807) is 0 Å². The lowest BCUT2D eigenvalue weighted by Gasteiger charge is -2.35. The first kappa shape index (κ1) is 22.6. The van der Waals surface area contributed by atoms with Crippen LogP contribution in [0.2, 0.25) is 5.02 Å². The molecule has 3 aliphatic rings. The Balaban J connectivity index is 1.18. The minimum absolute atomic E-state index is 0.0586. The predicted octanol–water partition coefficient (Wildman–Crippen LogP) is 4.48. The monoisotopic (exact) mass is 468 g/mol. The van der Waals surface area contributed by atoms with E-state index in [1.165, 1.54) is 5.56 Å². The molecule has 3 fully saturated rings. The van der Waals surface area contributed by atoms with Gasteiger partial charge in [0.2, 0.25) is 5.91 Å². The fourth-order valence-corrected chi connectivity index (χ4v) is 5.99. The van der Waals surface area contributed by atoms with Gasteiger partial charge in [0.1, 0.15) is 11.9 Å². The zero-order valence-electron chi connectivity index (χ0n) is 19.1. The number of para-hydroxylation sites is 1. The van der Waals surface area contributed by atoms with Gasteiger partial charge in [0.15, 0.2) is 0 Å². The third kappa shape index (κ3) is 5.18. The Morgan fingerprint density at radius 1 is 1.12 bits per heavy atom. The molecule has 2 saturated carbocycles. The Bertz CT molecular complexity index is 986. The number of rotatable bonds is 5. The first-order chi connectivity index (χ1) is 16.1. The van der Waals surface area contributed by atoms with Crippen molar-refractivity contribution in [2.45, 2.75) is 76.1 Å². The van der Waals surface area contributed by atoms with E-state index >= 15 is 0 Å². The zero-order chi connectivity index (χ0) is 22.8. The van der Waals surface area contributed by atoms with Gasteiger partial charge in [-0.25, -0.2) is 5.43 Å². The molecule has 0 radical (unpaired) electrons. The summed E-state index contributed by atoms with van der Waals surface area (Å²) in [6.07, 6.45) is 8.68. The Hall–Kier alpha value is -2.15. The molecule has 6 unspecified atom stereocenters. The number of nitrogens with one attached hydrogen (secondary N) is 3. The number of pyridine rings is 1. The molecular formula is C26H33ClN4O2. The average molecular weight is 469 g/mol. The van der Waals surface area contributed by atoms with E-state index in [0.29, 0.717) is 17.0 Å². The normalized spacial score (nSPS) is 31.6. The van der Waals surface area contributed by atoms with Crippen LogP contribution in [0.3, 0.4) is 0 Å². The van der Waals surface area contributed by atoms with Crippen molar-refractivity contribution in [3.8, 4) is 5.75 Å². The molecule has 3 N–H and O–H groups in total. The van der Waals surface area contributed by atoms with E-state index in [9.17, 15) is 4.79 Å². The van der Waals surface area contributed by atoms with Gasteiger partial charge in [0.25, 0.3) is 0 Å². The second kappa shape index (κ2) is 10.00. The van der Waals surface area contributed by atoms with Gasteiger partial charge in [-0.2, -0.15) is 0 Å². The first-order valence-corrected chi connectivity index (χ1v) is 12.6. The van der Waals surface area contributed by atoms with E-state index in [-0.39, 0.29) is 30.0 Å². The largest absolute Gasteiger partial charge is 0.489 e. The van der Waals surface area contributed by atoms with Gasteiger partial charge < -0.3 is 10.1 Å². The maximum Gasteiger partial charge on any atom is 0.223 e. The SMILES string of the molecule is Cc1cc(C2NNC3CCC(C(=O)NC4CCCC(Oc5ccccc5Cl)C4)CC32)ccn1. The highest BCUT2D eigenvalue weighted by molar-refractivity contribution is 6.32. The van der Waals surface area contributed by atoms with E-state index in [1.807, 2.05) is 37.4 Å². The molecule has 0 spiro atoms. The molecule has 6 atom stereocenters. The van der Waals surface area contributed by atoms with Crippen LogP contribution in [-0.4, -0.2) is 29.1 Å². The van der Waals surface area contributed by atoms with Crippen molar-refractivity contribution in [2.75, 3.05) is 0 Å². The summed E-state index contributed by atoms with van der Waals surface area (Å²) in [5, 5.41) is 4.00. The molecule has 1 saturated heterocycles. The van der Waals surface area contributed by atoms with Gasteiger partial charge in [-0.15, -0.1) is 0 Å². The molecule has 1 amide bonds. The molecule has 176 valence electrons. The molecule has 1 aromatic heterocycles. The van der Waals surface area contributed by atoms with Crippen molar-refractivity contribution in [3.63, 3.8) is 0 Å². The summed E-state index contributed by atoms with van der Waals surface area (Å²) in [4.78, 5) is 17.6. The summed E-state index contributed by atoms with van der Waals surface area (Å²) < 4.78 is 6.17. The summed E-state index contributed by atoms with van der Waals surface area (Å²) in [5.74, 6) is 1.39. The summed E-state index contributed by atoms with van der Waals surface area (Å²) in [7, 11) is 0. The molecule has 2 aromatic rings. The van der Waals surface area contributed by atoms with Crippen LogP contribution in [0.15, 0.2) is 42.6 Å². The first-order valence-electron chi connectivity index (χ1n) is 12.2. The van der Waals surface area contributed by atoms with Crippen LogP contribution in [0.5, 0.6) is 5.75 Å². The van der Waals surface area contributed by atoms with E-state index in [4.69, 9.17) is 16.3 Å². The Labute approximate surface area is 200 Å². The lowest BCUT2D eigenvalue weighted by Crippen LogP contribution is -2.46. The number of aryl methyl sites for hydroxylation is 1. The molecule has 1 aromatic carbocycles. The number of fused-ring (bicyclic) bond motifs is 1. The lowest BCUT2D eigenvalue weighted by molar-refractivity contribution is -0.127. The number of aromatic nitrogens is 1. The topological polar surface area (TPSA) is 75.3 Å². The van der Waals surface area contributed by atoms with Gasteiger partial charge in [0.05, 0.1) is 11.1 Å². The van der Waals surface area contributed by atoms with Crippen molar-refractivity contribution >= 4 is 17.5 Å². The number of hydrogen-bond acceptors (Lipinski definition) is 5. The maximum atomic E-state index is 13.2. The summed E-state index contributed by atoms with van der Waals surface area (Å²) in [6, 6.07) is 12.6. The summed E-state index contributed by atoms with van der Waals surface area (Å²) >= 11 is 6.27. The van der Waals surface area contributed by atoms with Crippen molar-refractivity contribution in [3.05, 3.63) is 58.9 Å². The second-order valence-electron chi connectivity index (χ2n) is 9.82. The van der Waals surface area contributed by atoms with Gasteiger partial charge in [0, 0.05) is 36.3 Å². The standard InChI is InChI=1S/C26H33ClN4O2/c1-16-13-17(11-12-28-16)25-21-14-18(9-10-23(21)30-31-25)26(32)29-19-5-4-6-20(15-19)33-24-8-3-2-7-22(24)27/h2-3,7-8,11-13,18-21,23,25,30-31H,4-6,9-10,14-15H2,1H3,(H,29,32). The van der Waals surface area contributed by atoms with Crippen LogP contribution in [0.4, 0.5) is 0 Å². The highest BCUT2D eigenvalue weighted by atomic mass is 35.5. The fraction of sp³-hybridized carbons (Fsp3) is 0.538. The third-order valence-electron chi connectivity index (χ3n) is 7.51. The second-order valence-corrected chi connectivity index (χ2v) is 10.2. The molecule has 2 aliphatic carbocycles. The molecule has 7 heteroatoms. The Morgan fingerprint density at radius 3 is 2.85 bits per heavy atom. The van der Waals surface area contributed by atoms with Gasteiger partial charge >= 0.3 is 0 Å². The lowest BCUT2D eigenvalue weighted by atomic mass is 9.74. The molecule has 0 bridgehead atoms. The van der Waals surface area contributed by atoms with Crippen LogP contribution in [0.1, 0.15) is 62.2 Å². The number of ether oxygens (including phenoxy) is 1. The number of amides is 1.